The first kappa shape index (κ1) is 29.9. The van der Waals surface area contributed by atoms with E-state index in [0.29, 0.717) is 5.75 Å². The quantitative estimate of drug-likeness (QED) is 0.266. The Bertz CT molecular complexity index is 1350. The van der Waals surface area contributed by atoms with Crippen molar-refractivity contribution in [3.8, 4) is 11.1 Å². The number of nitrogens with one attached hydrogen (secondary N) is 2. The SMILES string of the molecule is C[S+](C)CC(=O)CC[C@H](NC(=O)[C@H](Cc1ccccc1)NC(=O)OCC1c2ccccc2-c2ccccc21)C(=O)O. The number of Topliss-reactive ketones (excluding diaryl/α,β-unsaturated/α-hetero) is 1. The van der Waals surface area contributed by atoms with Gasteiger partial charge in [0.2, 0.25) is 5.91 Å². The second-order valence-electron chi connectivity index (χ2n) is 10.3. The van der Waals surface area contributed by atoms with E-state index in [-0.39, 0.29) is 48.5 Å². The summed E-state index contributed by atoms with van der Waals surface area (Å²) < 4.78 is 5.64. The average molecular weight is 576 g/mol. The number of amides is 2. The number of aliphatic carboxylic acids is 1. The number of ether oxygens (including phenoxy) is 1. The van der Waals surface area contributed by atoms with Crippen molar-refractivity contribution in [3.63, 3.8) is 0 Å². The van der Waals surface area contributed by atoms with E-state index in [1.54, 1.807) is 0 Å². The fraction of sp³-hybridized carbons (Fsp3) is 0.312. The zero-order valence-electron chi connectivity index (χ0n) is 23.2. The van der Waals surface area contributed by atoms with E-state index in [2.05, 4.69) is 10.6 Å². The molecule has 3 N–H and O–H groups in total. The van der Waals surface area contributed by atoms with Gasteiger partial charge >= 0.3 is 12.1 Å². The second kappa shape index (κ2) is 14.0. The van der Waals surface area contributed by atoms with E-state index < -0.39 is 30.1 Å². The highest BCUT2D eigenvalue weighted by Gasteiger charge is 2.31. The number of hydrogen-bond donors (Lipinski definition) is 3. The first-order valence-electron chi connectivity index (χ1n) is 13.5. The van der Waals surface area contributed by atoms with Gasteiger partial charge in [-0.05, 0) is 45.1 Å². The number of rotatable bonds is 13. The molecule has 8 nitrogen and oxygen atoms in total. The van der Waals surface area contributed by atoms with Crippen LogP contribution >= 0.6 is 0 Å². The summed E-state index contributed by atoms with van der Waals surface area (Å²) in [6.07, 6.45) is 3.26. The molecular formula is C32H35N2O6S+. The van der Waals surface area contributed by atoms with Crippen molar-refractivity contribution >= 4 is 34.6 Å². The Kier molecular flexibility index (Phi) is 10.2. The van der Waals surface area contributed by atoms with Crippen LogP contribution in [0.4, 0.5) is 4.79 Å². The highest BCUT2D eigenvalue weighted by molar-refractivity contribution is 7.96. The van der Waals surface area contributed by atoms with Crippen LogP contribution in [0.5, 0.6) is 0 Å². The zero-order chi connectivity index (χ0) is 29.4. The highest BCUT2D eigenvalue weighted by Crippen LogP contribution is 2.44. The molecule has 0 heterocycles. The molecular weight excluding hydrogens is 540 g/mol. The lowest BCUT2D eigenvalue weighted by Gasteiger charge is -2.22. The lowest BCUT2D eigenvalue weighted by atomic mass is 9.98. The Balaban J connectivity index is 1.43. The Labute approximate surface area is 242 Å². The largest absolute Gasteiger partial charge is 0.480 e. The molecule has 1 aliphatic carbocycles. The van der Waals surface area contributed by atoms with Crippen LogP contribution in [-0.2, 0) is 36.4 Å². The molecule has 1 aliphatic rings. The maximum Gasteiger partial charge on any atom is 0.407 e. The molecule has 0 unspecified atom stereocenters. The predicted octanol–water partition coefficient (Wildman–Crippen LogP) is 3.93. The van der Waals surface area contributed by atoms with Crippen LogP contribution in [0.25, 0.3) is 11.1 Å². The number of alkyl carbamates (subject to hydrolysis) is 1. The zero-order valence-corrected chi connectivity index (χ0v) is 24.0. The van der Waals surface area contributed by atoms with Gasteiger partial charge in [-0.3, -0.25) is 9.59 Å². The minimum atomic E-state index is -1.26. The molecule has 3 aromatic carbocycles. The Morgan fingerprint density at radius 1 is 0.829 bits per heavy atom. The molecule has 0 fully saturated rings. The molecule has 214 valence electrons. The van der Waals surface area contributed by atoms with Crippen LogP contribution in [0.3, 0.4) is 0 Å². The Morgan fingerprint density at radius 3 is 2.00 bits per heavy atom. The molecule has 0 saturated heterocycles. The summed E-state index contributed by atoms with van der Waals surface area (Å²) in [6.45, 7) is 0.0793. The van der Waals surface area contributed by atoms with Crippen molar-refractivity contribution in [3.05, 3.63) is 95.6 Å². The van der Waals surface area contributed by atoms with E-state index in [1.807, 2.05) is 91.4 Å². The molecule has 2 amide bonds. The van der Waals surface area contributed by atoms with Gasteiger partial charge in [-0.2, -0.15) is 0 Å². The van der Waals surface area contributed by atoms with Gasteiger partial charge in [-0.15, -0.1) is 0 Å². The summed E-state index contributed by atoms with van der Waals surface area (Å²) in [5.41, 5.74) is 5.12. The Morgan fingerprint density at radius 2 is 1.41 bits per heavy atom. The first-order chi connectivity index (χ1) is 19.7. The standard InChI is InChI=1S/C32H34N2O6S/c1-41(2)20-22(35)16-17-28(31(37)38)33-30(36)29(18-21-10-4-3-5-11-21)34-32(39)40-19-27-25-14-8-6-12-23(25)24-13-7-9-15-26(24)27/h3-15,27-29H,16-20H2,1-2H3,(H2-,33,34,36,37,38,39)/p+1/t28-,29-/m0/s1. The molecule has 0 spiro atoms. The fourth-order valence-electron chi connectivity index (χ4n) is 5.07. The average Bonchev–Trinajstić information content (AvgIpc) is 3.27. The van der Waals surface area contributed by atoms with Crippen molar-refractivity contribution in [2.45, 2.75) is 37.3 Å². The van der Waals surface area contributed by atoms with Crippen molar-refractivity contribution < 1.29 is 29.0 Å². The first-order valence-corrected chi connectivity index (χ1v) is 15.7. The van der Waals surface area contributed by atoms with Crippen molar-refractivity contribution in [2.24, 2.45) is 0 Å². The van der Waals surface area contributed by atoms with E-state index in [4.69, 9.17) is 4.74 Å². The minimum absolute atomic E-state index is 0.0277. The third kappa shape index (κ3) is 7.98. The minimum Gasteiger partial charge on any atom is -0.480 e. The van der Waals surface area contributed by atoms with Gasteiger partial charge in [0.1, 0.15) is 18.7 Å². The second-order valence-corrected chi connectivity index (χ2v) is 12.6. The summed E-state index contributed by atoms with van der Waals surface area (Å²) in [7, 11) is -0.0920. The van der Waals surface area contributed by atoms with E-state index in [1.165, 1.54) is 0 Å². The summed E-state index contributed by atoms with van der Waals surface area (Å²) in [4.78, 5) is 50.3. The van der Waals surface area contributed by atoms with E-state index >= 15 is 0 Å². The molecule has 0 saturated carbocycles. The number of fused-ring (bicyclic) bond motifs is 3. The van der Waals surface area contributed by atoms with Crippen LogP contribution in [-0.4, -0.2) is 65.8 Å². The van der Waals surface area contributed by atoms with Crippen molar-refractivity contribution in [1.82, 2.24) is 10.6 Å². The highest BCUT2D eigenvalue weighted by atomic mass is 32.2. The third-order valence-corrected chi connectivity index (χ3v) is 7.91. The van der Waals surface area contributed by atoms with Gasteiger partial charge in [-0.1, -0.05) is 78.9 Å². The summed E-state index contributed by atoms with van der Waals surface area (Å²) in [5, 5.41) is 14.9. The van der Waals surface area contributed by atoms with Crippen molar-refractivity contribution in [2.75, 3.05) is 24.9 Å². The normalized spacial score (nSPS) is 13.5. The number of carbonyl (C=O) groups excluding carboxylic acids is 3. The lowest BCUT2D eigenvalue weighted by molar-refractivity contribution is -0.142. The topological polar surface area (TPSA) is 122 Å². The summed E-state index contributed by atoms with van der Waals surface area (Å²) >= 11 is 0. The molecule has 2 atom stereocenters. The maximum absolute atomic E-state index is 13.3. The number of carboxylic acids is 1. The number of ketones is 1. The van der Waals surface area contributed by atoms with Crippen LogP contribution in [0.1, 0.15) is 35.4 Å². The van der Waals surface area contributed by atoms with E-state index in [9.17, 15) is 24.3 Å². The Hall–Kier alpha value is -4.11. The number of benzene rings is 3. The molecule has 3 aromatic rings. The van der Waals surface area contributed by atoms with E-state index in [0.717, 1.165) is 27.8 Å². The van der Waals surface area contributed by atoms with Gasteiger partial charge in [0.15, 0.2) is 11.5 Å². The van der Waals surface area contributed by atoms with Gasteiger partial charge in [0.25, 0.3) is 0 Å². The molecule has 41 heavy (non-hydrogen) atoms. The lowest BCUT2D eigenvalue weighted by Crippen LogP contribution is -2.52. The monoisotopic (exact) mass is 575 g/mol. The predicted molar refractivity (Wildman–Crippen MR) is 160 cm³/mol. The van der Waals surface area contributed by atoms with Gasteiger partial charge < -0.3 is 20.5 Å². The molecule has 0 aliphatic heterocycles. The number of hydrogen-bond acceptors (Lipinski definition) is 5. The number of carboxylic acid groups (broad SMARTS) is 1. The van der Waals surface area contributed by atoms with Gasteiger partial charge in [0.05, 0.1) is 12.5 Å². The summed E-state index contributed by atoms with van der Waals surface area (Å²) in [6, 6.07) is 22.8. The third-order valence-electron chi connectivity index (χ3n) is 7.01. The summed E-state index contributed by atoms with van der Waals surface area (Å²) in [5.74, 6) is -1.71. The van der Waals surface area contributed by atoms with Gasteiger partial charge in [0, 0.05) is 18.8 Å². The fourth-order valence-corrected chi connectivity index (χ4v) is 5.86. The number of carbonyl (C=O) groups is 4. The maximum atomic E-state index is 13.3. The smallest absolute Gasteiger partial charge is 0.407 e. The molecule has 0 aromatic heterocycles. The van der Waals surface area contributed by atoms with Crippen LogP contribution in [0, 0.1) is 0 Å². The van der Waals surface area contributed by atoms with Gasteiger partial charge in [-0.25, -0.2) is 9.59 Å². The molecule has 9 heteroatoms. The van der Waals surface area contributed by atoms with Crippen LogP contribution in [0.15, 0.2) is 78.9 Å². The van der Waals surface area contributed by atoms with Crippen LogP contribution in [0.2, 0.25) is 0 Å². The molecule has 0 radical (unpaired) electrons. The molecule has 4 rings (SSSR count). The van der Waals surface area contributed by atoms with Crippen molar-refractivity contribution in [1.29, 1.82) is 0 Å². The molecule has 0 bridgehead atoms. The van der Waals surface area contributed by atoms with Crippen LogP contribution < -0.4 is 10.6 Å².